The number of hydrogen-bond acceptors (Lipinski definition) is 3. The van der Waals surface area contributed by atoms with E-state index in [9.17, 15) is 0 Å². The summed E-state index contributed by atoms with van der Waals surface area (Å²) in [4.78, 5) is 0. The molecule has 0 aromatic heterocycles. The van der Waals surface area contributed by atoms with Crippen molar-refractivity contribution in [2.45, 2.75) is 27.7 Å². The predicted molar refractivity (Wildman–Crippen MR) is 58.0 cm³/mol. The van der Waals surface area contributed by atoms with Gasteiger partial charge in [0, 0.05) is 10.7 Å². The van der Waals surface area contributed by atoms with Crippen LogP contribution in [0.5, 0.6) is 0 Å². The molecule has 14 heavy (non-hydrogen) atoms. The van der Waals surface area contributed by atoms with Crippen LogP contribution >= 0.6 is 10.7 Å². The fourth-order valence-electron chi connectivity index (χ4n) is 1.34. The van der Waals surface area contributed by atoms with Crippen LogP contribution in [-0.2, 0) is 9.33 Å². The van der Waals surface area contributed by atoms with Crippen LogP contribution in [0.3, 0.4) is 0 Å². The summed E-state index contributed by atoms with van der Waals surface area (Å²) >= 11 is 0. The summed E-state index contributed by atoms with van der Waals surface area (Å²) < 4.78 is 27.8. The van der Waals surface area contributed by atoms with E-state index in [1.165, 1.54) is 30.7 Å². The highest BCUT2D eigenvalue weighted by atomic mass is 35.7. The van der Waals surface area contributed by atoms with Gasteiger partial charge in [0.15, 0.2) is 9.33 Å². The monoisotopic (exact) mass is 245 g/mol. The molecule has 0 aliphatic rings. The minimum Gasteiger partial charge on any atom is -0.735 e. The van der Waals surface area contributed by atoms with E-state index in [4.69, 9.17) is 13.0 Å². The average molecular weight is 246 g/mol. The highest BCUT2D eigenvalue weighted by Gasteiger charge is 2.16. The molecule has 6 heteroatoms. The molecular weight excluding hydrogens is 226 g/mol. The van der Waals surface area contributed by atoms with Gasteiger partial charge >= 0.3 is 0 Å². The molecule has 0 radical (unpaired) electrons. The lowest BCUT2D eigenvalue weighted by Gasteiger charge is -2.34. The van der Waals surface area contributed by atoms with Crippen molar-refractivity contribution in [3.63, 3.8) is 0 Å². The van der Waals surface area contributed by atoms with E-state index >= 15 is 0 Å². The van der Waals surface area contributed by atoms with Crippen molar-refractivity contribution < 1.29 is 17.5 Å². The molecule has 0 aromatic carbocycles. The highest BCUT2D eigenvalue weighted by Crippen LogP contribution is 2.03. The van der Waals surface area contributed by atoms with E-state index in [-0.39, 0.29) is 0 Å². The summed E-state index contributed by atoms with van der Waals surface area (Å²) in [6.45, 7) is 14.2. The zero-order chi connectivity index (χ0) is 11.8. The number of quaternary nitrogens is 1. The molecule has 0 heterocycles. The van der Waals surface area contributed by atoms with Crippen LogP contribution < -0.4 is 0 Å². The second-order valence-electron chi connectivity index (χ2n) is 3.00. The molecule has 4 nitrogen and oxygen atoms in total. The average Bonchev–Trinajstić information content (AvgIpc) is 2.07. The van der Waals surface area contributed by atoms with Crippen molar-refractivity contribution in [1.82, 2.24) is 0 Å². The van der Waals surface area contributed by atoms with Crippen LogP contribution in [-0.4, -0.2) is 43.6 Å². The van der Waals surface area contributed by atoms with Gasteiger partial charge in [-0.2, -0.15) is 0 Å². The lowest BCUT2D eigenvalue weighted by atomic mass is 10.3. The minimum atomic E-state index is -4.44. The maximum absolute atomic E-state index is 8.84. The van der Waals surface area contributed by atoms with Crippen molar-refractivity contribution >= 4 is 20.0 Å². The standard InChI is InChI=1S/C8H20N.ClHO3S/c1-5-9(6-2,7-3)8-4;1-5(2,3)4/h5-8H2,1-4H3;(H,2,3,4)/q+1;/p-1. The molecule has 0 unspecified atom stereocenters. The van der Waals surface area contributed by atoms with Crippen LogP contribution in [0.25, 0.3) is 0 Å². The Morgan fingerprint density at radius 3 is 1.14 bits per heavy atom. The number of hydrogen-bond donors (Lipinski definition) is 0. The van der Waals surface area contributed by atoms with E-state index < -0.39 is 9.33 Å². The van der Waals surface area contributed by atoms with E-state index in [1.54, 1.807) is 0 Å². The van der Waals surface area contributed by atoms with Gasteiger partial charge in [0.25, 0.3) is 0 Å². The largest absolute Gasteiger partial charge is 0.735 e. The topological polar surface area (TPSA) is 57.2 Å². The van der Waals surface area contributed by atoms with Gasteiger partial charge in [-0.1, -0.05) is 0 Å². The Bertz CT molecular complexity index is 199. The van der Waals surface area contributed by atoms with Crippen molar-refractivity contribution in [2.24, 2.45) is 0 Å². The fourth-order valence-corrected chi connectivity index (χ4v) is 1.34. The van der Waals surface area contributed by atoms with Gasteiger partial charge in [-0.25, -0.2) is 8.42 Å². The first-order valence-electron chi connectivity index (χ1n) is 4.75. The van der Waals surface area contributed by atoms with E-state index in [0.717, 1.165) is 0 Å². The Balaban J connectivity index is 0. The molecule has 0 N–H and O–H groups in total. The van der Waals surface area contributed by atoms with Crippen LogP contribution in [0, 0.1) is 0 Å². The predicted octanol–water partition coefficient (Wildman–Crippen LogP) is 1.57. The maximum Gasteiger partial charge on any atom is 0.181 e. The van der Waals surface area contributed by atoms with E-state index in [2.05, 4.69) is 38.4 Å². The molecule has 0 aromatic rings. The third-order valence-electron chi connectivity index (χ3n) is 2.68. The number of halogens is 1. The molecular formula is C8H20ClNO3S. The van der Waals surface area contributed by atoms with E-state index in [0.29, 0.717) is 0 Å². The van der Waals surface area contributed by atoms with Crippen LogP contribution in [0.15, 0.2) is 0 Å². The number of nitrogens with zero attached hydrogens (tertiary/aromatic N) is 1. The molecule has 0 bridgehead atoms. The zero-order valence-corrected chi connectivity index (χ0v) is 10.9. The molecule has 0 amide bonds. The van der Waals surface area contributed by atoms with Crippen molar-refractivity contribution in [3.05, 3.63) is 0 Å². The molecule has 0 aliphatic carbocycles. The summed E-state index contributed by atoms with van der Waals surface area (Å²) in [5.41, 5.74) is 0. The first kappa shape index (κ1) is 16.6. The molecule has 0 fully saturated rings. The Morgan fingerprint density at radius 2 is 1.14 bits per heavy atom. The molecule has 0 rings (SSSR count). The lowest BCUT2D eigenvalue weighted by molar-refractivity contribution is -0.921. The zero-order valence-electron chi connectivity index (χ0n) is 9.29. The van der Waals surface area contributed by atoms with Gasteiger partial charge < -0.3 is 9.04 Å². The molecule has 0 aliphatic heterocycles. The van der Waals surface area contributed by atoms with Crippen molar-refractivity contribution in [2.75, 3.05) is 26.2 Å². The van der Waals surface area contributed by atoms with Crippen molar-refractivity contribution in [3.8, 4) is 0 Å². The maximum atomic E-state index is 8.84. The summed E-state index contributed by atoms with van der Waals surface area (Å²) in [5, 5.41) is 0. The molecule has 0 saturated carbocycles. The van der Waals surface area contributed by atoms with Crippen LogP contribution in [0.2, 0.25) is 0 Å². The van der Waals surface area contributed by atoms with Crippen LogP contribution in [0.1, 0.15) is 27.7 Å². The molecule has 0 saturated heterocycles. The normalized spacial score (nSPS) is 11.9. The first-order chi connectivity index (χ1) is 6.24. The quantitative estimate of drug-likeness (QED) is 0.429. The lowest BCUT2D eigenvalue weighted by Crippen LogP contribution is -2.47. The van der Waals surface area contributed by atoms with Gasteiger partial charge in [-0.05, 0) is 27.7 Å². The smallest absolute Gasteiger partial charge is 0.181 e. The molecule has 0 spiro atoms. The van der Waals surface area contributed by atoms with Gasteiger partial charge in [-0.15, -0.1) is 0 Å². The van der Waals surface area contributed by atoms with Gasteiger partial charge in [-0.3, -0.25) is 0 Å². The summed E-state index contributed by atoms with van der Waals surface area (Å²) in [6, 6.07) is 0. The summed E-state index contributed by atoms with van der Waals surface area (Å²) in [7, 11) is -0.498. The van der Waals surface area contributed by atoms with Gasteiger partial charge in [0.1, 0.15) is 0 Å². The third kappa shape index (κ3) is 10.2. The van der Waals surface area contributed by atoms with Gasteiger partial charge in [0.2, 0.25) is 0 Å². The number of rotatable bonds is 4. The van der Waals surface area contributed by atoms with Gasteiger partial charge in [0.05, 0.1) is 26.2 Å². The third-order valence-corrected chi connectivity index (χ3v) is 2.68. The summed E-state index contributed by atoms with van der Waals surface area (Å²) in [6.07, 6.45) is 0. The molecule has 0 atom stereocenters. The second kappa shape index (κ2) is 7.45. The SMILES string of the molecule is CC[N+](CC)(CC)CC.O=S(=O)([O-])Cl. The fraction of sp³-hybridized carbons (Fsp3) is 1.00. The Hall–Kier alpha value is 0.160. The Labute approximate surface area is 91.7 Å². The second-order valence-corrected chi connectivity index (χ2v) is 4.92. The van der Waals surface area contributed by atoms with Crippen LogP contribution in [0.4, 0.5) is 0 Å². The first-order valence-corrected chi connectivity index (χ1v) is 6.98. The highest BCUT2D eigenvalue weighted by molar-refractivity contribution is 8.09. The van der Waals surface area contributed by atoms with E-state index in [1.807, 2.05) is 0 Å². The molecule has 88 valence electrons. The Kier molecular flexibility index (Phi) is 8.83. The minimum absolute atomic E-state index is 1.28. The Morgan fingerprint density at radius 1 is 1.00 bits per heavy atom. The van der Waals surface area contributed by atoms with Crippen molar-refractivity contribution in [1.29, 1.82) is 0 Å². The summed E-state index contributed by atoms with van der Waals surface area (Å²) in [5.74, 6) is 0.